The summed E-state index contributed by atoms with van der Waals surface area (Å²) in [7, 11) is 0. The number of hydrogen-bond donors (Lipinski definition) is 1. The summed E-state index contributed by atoms with van der Waals surface area (Å²) in [5.74, 6) is 0.244. The van der Waals surface area contributed by atoms with Crippen LogP contribution in [0.1, 0.15) is 16.2 Å². The number of nitrogens with zero attached hydrogens (tertiary/aromatic N) is 4. The third kappa shape index (κ3) is 4.62. The molecule has 4 rings (SSSR count). The molecular formula is C19H15N5O2S2. The molecule has 0 radical (unpaired) electrons. The number of benzene rings is 2. The lowest BCUT2D eigenvalue weighted by molar-refractivity contribution is 0.0986. The lowest BCUT2D eigenvalue weighted by Crippen LogP contribution is -2.02. The molecule has 4 aromatic rings. The van der Waals surface area contributed by atoms with Crippen LogP contribution in [-0.2, 0) is 6.54 Å². The van der Waals surface area contributed by atoms with Crippen molar-refractivity contribution in [2.24, 2.45) is 0 Å². The topological polar surface area (TPSA) is 93.8 Å². The van der Waals surface area contributed by atoms with E-state index in [-0.39, 0.29) is 17.4 Å². The molecule has 0 amide bonds. The molecule has 0 aliphatic heterocycles. The maximum Gasteiger partial charge on any atom is 0.285 e. The summed E-state index contributed by atoms with van der Waals surface area (Å²) in [5.41, 5.74) is 1.94. The summed E-state index contributed by atoms with van der Waals surface area (Å²) in [4.78, 5) is 12.3. The van der Waals surface area contributed by atoms with Crippen molar-refractivity contribution < 1.29 is 9.21 Å². The van der Waals surface area contributed by atoms with Crippen LogP contribution in [0.5, 0.6) is 0 Å². The highest BCUT2D eigenvalue weighted by Gasteiger charge is 2.17. The Morgan fingerprint density at radius 1 is 0.964 bits per heavy atom. The molecule has 0 saturated heterocycles. The van der Waals surface area contributed by atoms with E-state index in [0.717, 1.165) is 11.1 Å². The zero-order valence-corrected chi connectivity index (χ0v) is 16.2. The van der Waals surface area contributed by atoms with Crippen LogP contribution in [0.2, 0.25) is 0 Å². The van der Waals surface area contributed by atoms with Gasteiger partial charge in [-0.3, -0.25) is 4.79 Å². The number of carbonyl (C=O) groups is 1. The smallest absolute Gasteiger partial charge is 0.285 e. The number of thioether (sulfide) groups is 1. The van der Waals surface area contributed by atoms with Gasteiger partial charge in [0.2, 0.25) is 16.8 Å². The van der Waals surface area contributed by atoms with E-state index >= 15 is 0 Å². The van der Waals surface area contributed by atoms with Crippen molar-refractivity contribution >= 4 is 34.0 Å². The van der Waals surface area contributed by atoms with Crippen LogP contribution in [0.3, 0.4) is 0 Å². The quantitative estimate of drug-likeness (QED) is 0.342. The summed E-state index contributed by atoms with van der Waals surface area (Å²) in [5, 5.41) is 19.9. The minimum Gasteiger partial charge on any atom is -0.414 e. The lowest BCUT2D eigenvalue weighted by atomic mass is 10.2. The van der Waals surface area contributed by atoms with Gasteiger partial charge in [-0.1, -0.05) is 71.6 Å². The molecule has 2 aromatic carbocycles. The molecule has 0 aliphatic rings. The third-order valence-corrected chi connectivity index (χ3v) is 5.72. The maximum atomic E-state index is 12.3. The van der Waals surface area contributed by atoms with E-state index in [1.165, 1.54) is 23.1 Å². The first-order valence-corrected chi connectivity index (χ1v) is 10.2. The Morgan fingerprint density at radius 3 is 2.50 bits per heavy atom. The van der Waals surface area contributed by atoms with Crippen LogP contribution in [0.25, 0.3) is 11.5 Å². The second-order valence-electron chi connectivity index (χ2n) is 5.70. The van der Waals surface area contributed by atoms with Gasteiger partial charge in [-0.2, -0.15) is 0 Å². The number of Topliss-reactive ketones (excluding diaryl/α,β-unsaturated/α-hetero) is 1. The zero-order valence-electron chi connectivity index (χ0n) is 14.6. The van der Waals surface area contributed by atoms with Gasteiger partial charge in [-0.25, -0.2) is 0 Å². The fraction of sp³-hybridized carbons (Fsp3) is 0.105. The van der Waals surface area contributed by atoms with Gasteiger partial charge in [0.25, 0.3) is 5.89 Å². The van der Waals surface area contributed by atoms with Crippen molar-refractivity contribution in [2.45, 2.75) is 10.9 Å². The van der Waals surface area contributed by atoms with Gasteiger partial charge < -0.3 is 9.73 Å². The molecular weight excluding hydrogens is 394 g/mol. The average Bonchev–Trinajstić information content (AvgIpc) is 3.42. The van der Waals surface area contributed by atoms with E-state index in [1.807, 2.05) is 60.7 Å². The normalized spacial score (nSPS) is 10.7. The number of anilines is 1. The number of nitrogens with one attached hydrogen (secondary N) is 1. The van der Waals surface area contributed by atoms with Crippen LogP contribution >= 0.6 is 23.1 Å². The summed E-state index contributed by atoms with van der Waals surface area (Å²) >= 11 is 2.70. The van der Waals surface area contributed by atoms with Crippen molar-refractivity contribution in [3.8, 4) is 11.5 Å². The van der Waals surface area contributed by atoms with Crippen LogP contribution in [0, 0.1) is 0 Å². The second kappa shape index (κ2) is 8.77. The highest BCUT2D eigenvalue weighted by molar-refractivity contribution is 8.01. The molecule has 140 valence electrons. The molecule has 2 heterocycles. The monoisotopic (exact) mass is 409 g/mol. The molecule has 0 unspecified atom stereocenters. The highest BCUT2D eigenvalue weighted by atomic mass is 32.2. The second-order valence-corrected chi connectivity index (χ2v) is 7.90. The van der Waals surface area contributed by atoms with Gasteiger partial charge in [0.1, 0.15) is 0 Å². The largest absolute Gasteiger partial charge is 0.414 e. The van der Waals surface area contributed by atoms with Crippen molar-refractivity contribution in [2.75, 3.05) is 11.1 Å². The van der Waals surface area contributed by atoms with Crippen molar-refractivity contribution in [1.82, 2.24) is 20.4 Å². The van der Waals surface area contributed by atoms with Crippen molar-refractivity contribution in [3.05, 3.63) is 72.1 Å². The number of ketones is 1. The molecule has 28 heavy (non-hydrogen) atoms. The Balaban J connectivity index is 1.30. The van der Waals surface area contributed by atoms with E-state index < -0.39 is 0 Å². The molecule has 1 N–H and O–H groups in total. The molecule has 0 spiro atoms. The molecule has 7 nitrogen and oxygen atoms in total. The van der Waals surface area contributed by atoms with Gasteiger partial charge in [0.15, 0.2) is 4.34 Å². The summed E-state index contributed by atoms with van der Waals surface area (Å²) in [6.45, 7) is 0.670. The van der Waals surface area contributed by atoms with E-state index in [0.29, 0.717) is 21.9 Å². The summed E-state index contributed by atoms with van der Waals surface area (Å²) in [6.07, 6.45) is 0. The number of hydrogen-bond acceptors (Lipinski definition) is 9. The first-order valence-electron chi connectivity index (χ1n) is 8.44. The first kappa shape index (κ1) is 18.3. The Morgan fingerprint density at radius 2 is 1.71 bits per heavy atom. The molecule has 2 aromatic heterocycles. The maximum absolute atomic E-state index is 12.3. The summed E-state index contributed by atoms with van der Waals surface area (Å²) < 4.78 is 6.18. The van der Waals surface area contributed by atoms with Crippen LogP contribution in [-0.4, -0.2) is 31.9 Å². The van der Waals surface area contributed by atoms with E-state index in [2.05, 4.69) is 25.7 Å². The van der Waals surface area contributed by atoms with E-state index in [1.54, 1.807) is 0 Å². The average molecular weight is 409 g/mol. The summed E-state index contributed by atoms with van der Waals surface area (Å²) in [6, 6.07) is 19.4. The molecule has 0 fully saturated rings. The molecule has 0 bridgehead atoms. The Bertz CT molecular complexity index is 1050. The van der Waals surface area contributed by atoms with Crippen molar-refractivity contribution in [3.63, 3.8) is 0 Å². The number of aromatic nitrogens is 4. The predicted octanol–water partition coefficient (Wildman–Crippen LogP) is 4.18. The molecule has 0 saturated carbocycles. The molecule has 0 aliphatic carbocycles. The predicted molar refractivity (Wildman–Crippen MR) is 108 cm³/mol. The number of rotatable bonds is 8. The SMILES string of the molecule is O=C(CSc1nnc(NCc2ccccc2)s1)c1nnc(-c2ccccc2)o1. The third-order valence-electron chi connectivity index (χ3n) is 3.70. The minimum absolute atomic E-state index is 0.00158. The minimum atomic E-state index is -0.242. The molecule has 9 heteroatoms. The van der Waals surface area contributed by atoms with Gasteiger partial charge in [0.05, 0.1) is 5.75 Å². The van der Waals surface area contributed by atoms with E-state index in [4.69, 9.17) is 4.42 Å². The van der Waals surface area contributed by atoms with Gasteiger partial charge in [-0.05, 0) is 17.7 Å². The van der Waals surface area contributed by atoms with Crippen LogP contribution in [0.4, 0.5) is 5.13 Å². The van der Waals surface area contributed by atoms with Gasteiger partial charge in [-0.15, -0.1) is 20.4 Å². The lowest BCUT2D eigenvalue weighted by Gasteiger charge is -2.00. The van der Waals surface area contributed by atoms with Gasteiger partial charge >= 0.3 is 0 Å². The Kier molecular flexibility index (Phi) is 5.74. The Labute approximate surface area is 169 Å². The Hall–Kier alpha value is -3.04. The van der Waals surface area contributed by atoms with Gasteiger partial charge in [0, 0.05) is 12.1 Å². The van der Waals surface area contributed by atoms with Crippen molar-refractivity contribution in [1.29, 1.82) is 0 Å². The standard InChI is InChI=1S/C19H15N5O2S2/c25-15(17-22-21-16(26-17)14-9-5-2-6-10-14)12-27-19-24-23-18(28-19)20-11-13-7-3-1-4-8-13/h1-10H,11-12H2,(H,20,23). The van der Waals surface area contributed by atoms with E-state index in [9.17, 15) is 4.79 Å². The van der Waals surface area contributed by atoms with Crippen LogP contribution < -0.4 is 5.32 Å². The fourth-order valence-electron chi connectivity index (χ4n) is 2.34. The highest BCUT2D eigenvalue weighted by Crippen LogP contribution is 2.26. The molecule has 0 atom stereocenters. The number of carbonyl (C=O) groups excluding carboxylic acids is 1. The first-order chi connectivity index (χ1) is 13.8. The zero-order chi connectivity index (χ0) is 19.2. The van der Waals surface area contributed by atoms with Crippen LogP contribution in [0.15, 0.2) is 69.4 Å². The fourth-order valence-corrected chi connectivity index (χ4v) is 3.93.